The van der Waals surface area contributed by atoms with Crippen LogP contribution in [0.1, 0.15) is 41.0 Å². The van der Waals surface area contributed by atoms with Gasteiger partial charge in [-0.15, -0.1) is 0 Å². The van der Waals surface area contributed by atoms with Crippen molar-refractivity contribution in [1.29, 1.82) is 0 Å². The van der Waals surface area contributed by atoms with Crippen LogP contribution in [0, 0.1) is 11.3 Å². The van der Waals surface area contributed by atoms with Gasteiger partial charge in [0.1, 0.15) is 6.10 Å². The van der Waals surface area contributed by atoms with Crippen LogP contribution in [0.5, 0.6) is 0 Å². The van der Waals surface area contributed by atoms with Crippen molar-refractivity contribution >= 4 is 5.78 Å². The summed E-state index contributed by atoms with van der Waals surface area (Å²) >= 11 is 0. The molecule has 0 amide bonds. The van der Waals surface area contributed by atoms with Crippen molar-refractivity contribution in [2.24, 2.45) is 11.3 Å². The first-order valence-electron chi connectivity index (χ1n) is 5.87. The molecule has 0 aliphatic heterocycles. The average Bonchev–Trinajstić information content (AvgIpc) is 2.12. The highest BCUT2D eigenvalue weighted by Gasteiger charge is 2.36. The molecule has 1 unspecified atom stereocenters. The van der Waals surface area contributed by atoms with Crippen molar-refractivity contribution in [1.82, 2.24) is 0 Å². The Balaban J connectivity index is 3.14. The minimum absolute atomic E-state index is 0.122. The van der Waals surface area contributed by atoms with Gasteiger partial charge in [-0.05, 0) is 35.8 Å². The molecule has 0 fully saturated rings. The molecule has 0 aromatic heterocycles. The van der Waals surface area contributed by atoms with E-state index in [2.05, 4.69) is 33.8 Å². The van der Waals surface area contributed by atoms with Crippen LogP contribution in [0.15, 0.2) is 23.3 Å². The number of carbonyl (C=O) groups excluding carboxylic acids is 1. The van der Waals surface area contributed by atoms with E-state index in [1.165, 1.54) is 0 Å². The van der Waals surface area contributed by atoms with E-state index in [9.17, 15) is 9.90 Å². The van der Waals surface area contributed by atoms with E-state index in [-0.39, 0.29) is 11.2 Å². The Kier molecular flexibility index (Phi) is 3.74. The van der Waals surface area contributed by atoms with Gasteiger partial charge in [-0.2, -0.15) is 0 Å². The van der Waals surface area contributed by atoms with E-state index >= 15 is 0 Å². The molecule has 90 valence electrons. The predicted octanol–water partition coefficient (Wildman–Crippen LogP) is 2.88. The maximum absolute atomic E-state index is 11.7. The minimum atomic E-state index is -0.828. The second-order valence-electron chi connectivity index (χ2n) is 5.61. The van der Waals surface area contributed by atoms with Gasteiger partial charge in [-0.25, -0.2) is 0 Å². The van der Waals surface area contributed by atoms with Gasteiger partial charge in [-0.1, -0.05) is 39.8 Å². The van der Waals surface area contributed by atoms with Crippen molar-refractivity contribution in [2.45, 2.75) is 47.1 Å². The van der Waals surface area contributed by atoms with Crippen molar-refractivity contribution in [2.75, 3.05) is 0 Å². The fraction of sp³-hybridized carbons (Fsp3) is 0.643. The first kappa shape index (κ1) is 13.2. The van der Waals surface area contributed by atoms with E-state index in [1.807, 2.05) is 13.0 Å². The van der Waals surface area contributed by atoms with E-state index in [0.29, 0.717) is 17.9 Å². The van der Waals surface area contributed by atoms with Crippen molar-refractivity contribution < 1.29 is 9.90 Å². The van der Waals surface area contributed by atoms with Gasteiger partial charge in [0, 0.05) is 0 Å². The third-order valence-corrected chi connectivity index (χ3v) is 3.16. The molecule has 2 nitrogen and oxygen atoms in total. The van der Waals surface area contributed by atoms with Gasteiger partial charge in [0.05, 0.1) is 0 Å². The van der Waals surface area contributed by atoms with Crippen LogP contribution in [0.4, 0.5) is 0 Å². The highest BCUT2D eigenvalue weighted by molar-refractivity contribution is 6.00. The molecule has 1 N–H and O–H groups in total. The Morgan fingerprint density at radius 3 is 2.50 bits per heavy atom. The molecule has 0 aromatic rings. The highest BCUT2D eigenvalue weighted by atomic mass is 16.3. The molecule has 0 saturated heterocycles. The Hall–Kier alpha value is -0.890. The van der Waals surface area contributed by atoms with Crippen LogP contribution >= 0.6 is 0 Å². The number of hydrogen-bond donors (Lipinski definition) is 1. The Labute approximate surface area is 98.1 Å². The van der Waals surface area contributed by atoms with Crippen LogP contribution in [0.2, 0.25) is 0 Å². The zero-order valence-electron chi connectivity index (χ0n) is 10.9. The summed E-state index contributed by atoms with van der Waals surface area (Å²) in [7, 11) is 0. The number of aliphatic hydroxyl groups excluding tert-OH is 1. The first-order valence-corrected chi connectivity index (χ1v) is 5.87. The lowest BCUT2D eigenvalue weighted by atomic mass is 9.71. The predicted molar refractivity (Wildman–Crippen MR) is 66.1 cm³/mol. The Morgan fingerprint density at radius 1 is 1.44 bits per heavy atom. The lowest BCUT2D eigenvalue weighted by Gasteiger charge is -2.34. The molecule has 0 bridgehead atoms. The Bertz CT molecular complexity index is 346. The summed E-state index contributed by atoms with van der Waals surface area (Å²) in [5, 5.41) is 9.67. The van der Waals surface area contributed by atoms with E-state index < -0.39 is 6.10 Å². The van der Waals surface area contributed by atoms with Crippen LogP contribution in [0.3, 0.4) is 0 Å². The number of hydrogen-bond acceptors (Lipinski definition) is 2. The molecule has 0 heterocycles. The number of ketones is 1. The molecule has 0 saturated carbocycles. The molecule has 1 rings (SSSR count). The molecular formula is C14H22O2. The van der Waals surface area contributed by atoms with E-state index in [0.717, 1.165) is 5.57 Å². The zero-order chi connectivity index (χ0) is 12.5. The van der Waals surface area contributed by atoms with Gasteiger partial charge in [0.15, 0.2) is 5.78 Å². The van der Waals surface area contributed by atoms with Crippen molar-refractivity contribution in [3.8, 4) is 0 Å². The summed E-state index contributed by atoms with van der Waals surface area (Å²) in [6.45, 7) is 10.2. The fourth-order valence-corrected chi connectivity index (χ4v) is 2.22. The standard InChI is InChI=1S/C14H22O2/c1-9(2)6-7-11-10(3)13(16)12(15)8-14(11,4)5/h6-7,9,12,15H,8H2,1-5H3/b7-6+. The number of allylic oxidation sites excluding steroid dienone is 3. The molecule has 2 heteroatoms. The molecule has 1 aliphatic carbocycles. The quantitative estimate of drug-likeness (QED) is 0.780. The zero-order valence-corrected chi connectivity index (χ0v) is 10.9. The summed E-state index contributed by atoms with van der Waals surface area (Å²) < 4.78 is 0. The molecule has 16 heavy (non-hydrogen) atoms. The summed E-state index contributed by atoms with van der Waals surface area (Å²) in [6.07, 6.45) is 3.84. The van der Waals surface area contributed by atoms with E-state index in [1.54, 1.807) is 0 Å². The average molecular weight is 222 g/mol. The third kappa shape index (κ3) is 2.62. The number of rotatable bonds is 2. The fourth-order valence-electron chi connectivity index (χ4n) is 2.22. The summed E-state index contributed by atoms with van der Waals surface area (Å²) in [6, 6.07) is 0. The van der Waals surface area contributed by atoms with Gasteiger partial charge >= 0.3 is 0 Å². The summed E-state index contributed by atoms with van der Waals surface area (Å²) in [5.41, 5.74) is 1.65. The van der Waals surface area contributed by atoms with Crippen LogP contribution in [0.25, 0.3) is 0 Å². The monoisotopic (exact) mass is 222 g/mol. The molecule has 1 atom stereocenters. The van der Waals surface area contributed by atoms with Crippen LogP contribution in [-0.2, 0) is 4.79 Å². The van der Waals surface area contributed by atoms with Gasteiger partial charge < -0.3 is 5.11 Å². The summed E-state index contributed by atoms with van der Waals surface area (Å²) in [5.74, 6) is 0.348. The highest BCUT2D eigenvalue weighted by Crippen LogP contribution is 2.39. The first-order chi connectivity index (χ1) is 7.25. The Morgan fingerprint density at radius 2 is 2.00 bits per heavy atom. The number of carbonyl (C=O) groups is 1. The van der Waals surface area contributed by atoms with Crippen LogP contribution in [-0.4, -0.2) is 17.0 Å². The minimum Gasteiger partial charge on any atom is -0.385 e. The lowest BCUT2D eigenvalue weighted by Crippen LogP contribution is -2.35. The molecule has 0 aromatic carbocycles. The smallest absolute Gasteiger partial charge is 0.187 e. The van der Waals surface area contributed by atoms with Crippen molar-refractivity contribution in [3.05, 3.63) is 23.3 Å². The van der Waals surface area contributed by atoms with Gasteiger partial charge in [0.25, 0.3) is 0 Å². The second kappa shape index (κ2) is 4.54. The maximum atomic E-state index is 11.7. The second-order valence-corrected chi connectivity index (χ2v) is 5.61. The van der Waals surface area contributed by atoms with E-state index in [4.69, 9.17) is 0 Å². The normalized spacial score (nSPS) is 25.9. The van der Waals surface area contributed by atoms with Gasteiger partial charge in [-0.3, -0.25) is 4.79 Å². The number of aliphatic hydroxyl groups is 1. The molecule has 1 aliphatic rings. The largest absolute Gasteiger partial charge is 0.385 e. The van der Waals surface area contributed by atoms with Crippen molar-refractivity contribution in [3.63, 3.8) is 0 Å². The third-order valence-electron chi connectivity index (χ3n) is 3.16. The maximum Gasteiger partial charge on any atom is 0.187 e. The molecule has 0 radical (unpaired) electrons. The topological polar surface area (TPSA) is 37.3 Å². The number of Topliss-reactive ketones (excluding diaryl/α,β-unsaturated/α-hetero) is 1. The molecule has 0 spiro atoms. The van der Waals surface area contributed by atoms with Gasteiger partial charge in [0.2, 0.25) is 0 Å². The molecular weight excluding hydrogens is 200 g/mol. The van der Waals surface area contributed by atoms with Crippen LogP contribution < -0.4 is 0 Å². The lowest BCUT2D eigenvalue weighted by molar-refractivity contribution is -0.125. The SMILES string of the molecule is CC1=C(/C=C/C(C)C)C(C)(C)CC(O)C1=O. The summed E-state index contributed by atoms with van der Waals surface area (Å²) in [4.78, 5) is 11.7.